The van der Waals surface area contributed by atoms with E-state index < -0.39 is 0 Å². The summed E-state index contributed by atoms with van der Waals surface area (Å²) in [5, 5.41) is 5.19. The van der Waals surface area contributed by atoms with E-state index >= 15 is 0 Å². The van der Waals surface area contributed by atoms with Crippen molar-refractivity contribution in [1.29, 1.82) is 0 Å². The summed E-state index contributed by atoms with van der Waals surface area (Å²) in [6.45, 7) is 0. The monoisotopic (exact) mass is 768 g/mol. The van der Waals surface area contributed by atoms with E-state index in [1.165, 1.54) is 145 Å². The molecule has 2 spiro atoms. The number of hydrogen-bond acceptors (Lipinski definition) is 2. The maximum atomic E-state index is 4.92. The molecule has 0 unspecified atom stereocenters. The van der Waals surface area contributed by atoms with Crippen LogP contribution in [0.25, 0.3) is 88.6 Å². The smallest absolute Gasteiger partial charge is 0.0886 e. The molecule has 2 heterocycles. The Morgan fingerprint density at radius 2 is 0.817 bits per heavy atom. The van der Waals surface area contributed by atoms with Crippen LogP contribution in [0.2, 0.25) is 0 Å². The first kappa shape index (κ1) is 34.2. The van der Waals surface area contributed by atoms with Crippen molar-refractivity contribution in [3.05, 3.63) is 192 Å². The van der Waals surface area contributed by atoms with Gasteiger partial charge in [-0.25, -0.2) is 0 Å². The third-order valence-corrected chi connectivity index (χ3v) is 15.1. The molecule has 9 aromatic rings. The van der Waals surface area contributed by atoms with Crippen molar-refractivity contribution in [2.45, 2.75) is 62.2 Å². The molecular weight excluding hydrogens is 725 g/mol. The van der Waals surface area contributed by atoms with Gasteiger partial charge in [0.15, 0.2) is 0 Å². The minimum atomic E-state index is 0.0951. The summed E-state index contributed by atoms with van der Waals surface area (Å²) in [7, 11) is 0. The number of nitrogens with zero attached hydrogens (tertiary/aromatic N) is 2. The second-order valence-corrected chi connectivity index (χ2v) is 17.9. The van der Waals surface area contributed by atoms with E-state index in [0.29, 0.717) is 0 Å². The highest BCUT2D eigenvalue weighted by Gasteiger charge is 2.46. The molecular formula is C58H44N2. The summed E-state index contributed by atoms with van der Waals surface area (Å²) in [6, 6.07) is 60.0. The SMILES string of the molecule is c1ccc(-c2ccc(-c3ccc4c(-c5ccc6c(c5)C5(CCCC5)c5ccccc5-6)c5ccccc5c(-c5ccc6c(c5)C5(CCCC5)c5ccccc5-6)c4c3)cn2)nc1. The van der Waals surface area contributed by atoms with Crippen molar-refractivity contribution in [2.24, 2.45) is 0 Å². The summed E-state index contributed by atoms with van der Waals surface area (Å²) < 4.78 is 0. The molecule has 13 rings (SSSR count). The van der Waals surface area contributed by atoms with Crippen LogP contribution in [-0.2, 0) is 10.8 Å². The minimum absolute atomic E-state index is 0.0951. The number of fused-ring (bicyclic) bond motifs is 12. The van der Waals surface area contributed by atoms with Gasteiger partial charge in [0.2, 0.25) is 0 Å². The quantitative estimate of drug-likeness (QED) is 0.167. The zero-order valence-electron chi connectivity index (χ0n) is 33.7. The molecule has 0 radical (unpaired) electrons. The van der Waals surface area contributed by atoms with Crippen LogP contribution < -0.4 is 0 Å². The molecule has 2 saturated carbocycles. The summed E-state index contributed by atoms with van der Waals surface area (Å²) in [6.07, 6.45) is 13.9. The first-order valence-electron chi connectivity index (χ1n) is 22.1. The third kappa shape index (κ3) is 4.76. The predicted molar refractivity (Wildman–Crippen MR) is 248 cm³/mol. The maximum Gasteiger partial charge on any atom is 0.0886 e. The standard InChI is InChI=1S/C58H44N2/c1-2-16-46-45(15-1)55(38-21-24-43-41-13-3-5-17-49(41)57(51(43)34-38)28-8-9-29-57)47-26-20-37(40-23-27-54(60-36-40)53-19-7-12-32-59-53)33-48(47)56(46)39-22-25-44-42-14-4-6-18-50(42)58(52(44)35-39)30-10-11-31-58/h1-7,12-27,32-36H,8-11,28-31H2. The van der Waals surface area contributed by atoms with Crippen molar-refractivity contribution in [3.8, 4) is 67.0 Å². The molecule has 4 aliphatic rings. The number of pyridine rings is 2. The molecule has 0 N–H and O–H groups in total. The van der Waals surface area contributed by atoms with E-state index in [1.807, 2.05) is 30.6 Å². The molecule has 0 atom stereocenters. The fourth-order valence-electron chi connectivity index (χ4n) is 12.5. The Morgan fingerprint density at radius 3 is 1.38 bits per heavy atom. The van der Waals surface area contributed by atoms with Gasteiger partial charge in [0.25, 0.3) is 0 Å². The van der Waals surface area contributed by atoms with Gasteiger partial charge in [0.05, 0.1) is 11.4 Å². The molecule has 0 aliphatic heterocycles. The lowest BCUT2D eigenvalue weighted by molar-refractivity contribution is 0.550. The van der Waals surface area contributed by atoms with Gasteiger partial charge in [-0.1, -0.05) is 147 Å². The lowest BCUT2D eigenvalue weighted by Gasteiger charge is -2.28. The predicted octanol–water partition coefficient (Wildman–Crippen LogP) is 15.1. The number of aromatic nitrogens is 2. The van der Waals surface area contributed by atoms with Crippen LogP contribution in [0, 0.1) is 0 Å². The number of hydrogen-bond donors (Lipinski definition) is 0. The molecule has 0 bridgehead atoms. The van der Waals surface area contributed by atoms with Gasteiger partial charge in [0, 0.05) is 28.8 Å². The van der Waals surface area contributed by atoms with E-state index in [1.54, 1.807) is 0 Å². The van der Waals surface area contributed by atoms with Crippen molar-refractivity contribution >= 4 is 21.5 Å². The molecule has 2 heteroatoms. The zero-order chi connectivity index (χ0) is 39.4. The summed E-state index contributed by atoms with van der Waals surface area (Å²) in [5.74, 6) is 0. The highest BCUT2D eigenvalue weighted by Crippen LogP contribution is 2.60. The Kier molecular flexibility index (Phi) is 7.38. The van der Waals surface area contributed by atoms with Crippen LogP contribution in [0.1, 0.15) is 73.6 Å². The Bertz CT molecular complexity index is 3200. The summed E-state index contributed by atoms with van der Waals surface area (Å²) in [4.78, 5) is 9.49. The van der Waals surface area contributed by atoms with Crippen molar-refractivity contribution in [3.63, 3.8) is 0 Å². The Balaban J connectivity index is 1.06. The normalized spacial score (nSPS) is 16.4. The minimum Gasteiger partial charge on any atom is -0.255 e. The van der Waals surface area contributed by atoms with Crippen LogP contribution >= 0.6 is 0 Å². The van der Waals surface area contributed by atoms with Crippen molar-refractivity contribution in [2.75, 3.05) is 0 Å². The second-order valence-electron chi connectivity index (χ2n) is 17.9. The molecule has 0 saturated heterocycles. The average Bonchev–Trinajstić information content (AvgIpc) is 4.12. The fourth-order valence-corrected chi connectivity index (χ4v) is 12.5. The van der Waals surface area contributed by atoms with Crippen LogP contribution in [-0.4, -0.2) is 9.97 Å². The molecule has 2 nitrogen and oxygen atoms in total. The van der Waals surface area contributed by atoms with E-state index in [-0.39, 0.29) is 10.8 Å². The van der Waals surface area contributed by atoms with Crippen LogP contribution in [0.3, 0.4) is 0 Å². The van der Waals surface area contributed by atoms with Crippen LogP contribution in [0.15, 0.2) is 170 Å². The molecule has 0 amide bonds. The van der Waals surface area contributed by atoms with E-state index in [9.17, 15) is 0 Å². The highest BCUT2D eigenvalue weighted by atomic mass is 14.8. The lowest BCUT2D eigenvalue weighted by atomic mass is 9.75. The van der Waals surface area contributed by atoms with E-state index in [0.717, 1.165) is 17.0 Å². The maximum absolute atomic E-state index is 4.92. The molecule has 2 fully saturated rings. The summed E-state index contributed by atoms with van der Waals surface area (Å²) in [5.41, 5.74) is 21.3. The number of benzene rings is 7. The number of rotatable bonds is 4. The van der Waals surface area contributed by atoms with Gasteiger partial charge in [-0.2, -0.15) is 0 Å². The second kappa shape index (κ2) is 12.9. The molecule has 7 aromatic carbocycles. The third-order valence-electron chi connectivity index (χ3n) is 15.1. The van der Waals surface area contributed by atoms with Crippen molar-refractivity contribution in [1.82, 2.24) is 9.97 Å². The molecule has 2 aromatic heterocycles. The van der Waals surface area contributed by atoms with E-state index in [4.69, 9.17) is 4.98 Å². The van der Waals surface area contributed by atoms with Crippen LogP contribution in [0.4, 0.5) is 0 Å². The summed E-state index contributed by atoms with van der Waals surface area (Å²) >= 11 is 0. The largest absolute Gasteiger partial charge is 0.255 e. The Morgan fingerprint density at radius 1 is 0.333 bits per heavy atom. The molecule has 286 valence electrons. The van der Waals surface area contributed by atoms with Crippen molar-refractivity contribution < 1.29 is 0 Å². The molecule has 4 aliphatic carbocycles. The Hall–Kier alpha value is -6.64. The average molecular weight is 769 g/mol. The van der Waals surface area contributed by atoms with E-state index in [2.05, 4.69) is 145 Å². The topological polar surface area (TPSA) is 25.8 Å². The fraction of sp³-hybridized carbons (Fsp3) is 0.172. The van der Waals surface area contributed by atoms with Gasteiger partial charge in [-0.15, -0.1) is 0 Å². The highest BCUT2D eigenvalue weighted by molar-refractivity contribution is 6.22. The molecule has 60 heavy (non-hydrogen) atoms. The zero-order valence-corrected chi connectivity index (χ0v) is 33.7. The Labute approximate surface area is 351 Å². The van der Waals surface area contributed by atoms with Gasteiger partial charge in [0.1, 0.15) is 0 Å². The first-order valence-corrected chi connectivity index (χ1v) is 22.1. The van der Waals surface area contributed by atoms with Crippen LogP contribution in [0.5, 0.6) is 0 Å². The lowest BCUT2D eigenvalue weighted by Crippen LogP contribution is -2.20. The van der Waals surface area contributed by atoms with Gasteiger partial charge in [-0.3, -0.25) is 9.97 Å². The first-order chi connectivity index (χ1) is 29.7. The van der Waals surface area contributed by atoms with Gasteiger partial charge in [-0.05, 0) is 156 Å². The van der Waals surface area contributed by atoms with Gasteiger partial charge < -0.3 is 0 Å². The van der Waals surface area contributed by atoms with Gasteiger partial charge >= 0.3 is 0 Å².